The molecule has 0 bridgehead atoms. The summed E-state index contributed by atoms with van der Waals surface area (Å²) in [7, 11) is 1.66. The van der Waals surface area contributed by atoms with Crippen LogP contribution >= 0.6 is 12.4 Å². The van der Waals surface area contributed by atoms with Gasteiger partial charge in [-0.05, 0) is 30.5 Å². The summed E-state index contributed by atoms with van der Waals surface area (Å²) in [4.78, 5) is 12.7. The molecule has 0 unspecified atom stereocenters. The van der Waals surface area contributed by atoms with Crippen LogP contribution in [-0.4, -0.2) is 39.3 Å². The third-order valence-corrected chi connectivity index (χ3v) is 4.36. The van der Waals surface area contributed by atoms with Crippen molar-refractivity contribution in [3.05, 3.63) is 35.6 Å². The molecule has 0 saturated heterocycles. The third kappa shape index (κ3) is 5.16. The highest BCUT2D eigenvalue weighted by Crippen LogP contribution is 2.41. The van der Waals surface area contributed by atoms with Crippen LogP contribution in [0.4, 0.5) is 4.39 Å². The summed E-state index contributed by atoms with van der Waals surface area (Å²) >= 11 is 0. The highest BCUT2D eigenvalue weighted by Gasteiger charge is 2.42. The van der Waals surface area contributed by atoms with Gasteiger partial charge < -0.3 is 15.4 Å². The molecule has 1 saturated carbocycles. The number of nitrogens with one attached hydrogen (secondary N) is 2. The molecule has 0 atom stereocenters. The van der Waals surface area contributed by atoms with Gasteiger partial charge in [0, 0.05) is 26.7 Å². The number of methoxy groups -OCH3 is 1. The second kappa shape index (κ2) is 9.85. The van der Waals surface area contributed by atoms with Crippen molar-refractivity contribution in [3.8, 4) is 0 Å². The van der Waals surface area contributed by atoms with Gasteiger partial charge in [0.1, 0.15) is 5.82 Å². The SMILES string of the molecule is COCCNCCNC(=O)C1(c2ccc(F)cc2)CCCC1.Cl. The van der Waals surface area contributed by atoms with E-state index in [9.17, 15) is 9.18 Å². The van der Waals surface area contributed by atoms with Crippen molar-refractivity contribution >= 4 is 18.3 Å². The number of hydrogen-bond acceptors (Lipinski definition) is 3. The van der Waals surface area contributed by atoms with Crippen LogP contribution in [0.15, 0.2) is 24.3 Å². The van der Waals surface area contributed by atoms with Gasteiger partial charge in [0.15, 0.2) is 0 Å². The number of benzene rings is 1. The maximum absolute atomic E-state index is 13.1. The van der Waals surface area contributed by atoms with E-state index in [0.29, 0.717) is 19.7 Å². The predicted molar refractivity (Wildman–Crippen MR) is 91.5 cm³/mol. The van der Waals surface area contributed by atoms with Gasteiger partial charge in [-0.25, -0.2) is 4.39 Å². The lowest BCUT2D eigenvalue weighted by molar-refractivity contribution is -0.126. The van der Waals surface area contributed by atoms with Gasteiger partial charge in [0.05, 0.1) is 12.0 Å². The number of carbonyl (C=O) groups is 1. The predicted octanol–water partition coefficient (Wildman–Crippen LogP) is 2.41. The van der Waals surface area contributed by atoms with Gasteiger partial charge in [-0.15, -0.1) is 12.4 Å². The first-order valence-corrected chi connectivity index (χ1v) is 7.93. The van der Waals surface area contributed by atoms with Crippen LogP contribution in [0.3, 0.4) is 0 Å². The molecule has 130 valence electrons. The van der Waals surface area contributed by atoms with Crippen molar-refractivity contribution in [1.29, 1.82) is 0 Å². The molecule has 1 amide bonds. The third-order valence-electron chi connectivity index (χ3n) is 4.36. The molecule has 0 aromatic heterocycles. The Kier molecular flexibility index (Phi) is 8.52. The first-order valence-electron chi connectivity index (χ1n) is 7.93. The normalized spacial score (nSPS) is 15.9. The molecule has 0 radical (unpaired) electrons. The van der Waals surface area contributed by atoms with E-state index in [4.69, 9.17) is 4.74 Å². The van der Waals surface area contributed by atoms with E-state index in [1.165, 1.54) is 12.1 Å². The van der Waals surface area contributed by atoms with Crippen molar-refractivity contribution in [3.63, 3.8) is 0 Å². The van der Waals surface area contributed by atoms with Crippen molar-refractivity contribution < 1.29 is 13.9 Å². The lowest BCUT2D eigenvalue weighted by Gasteiger charge is -2.28. The zero-order valence-corrected chi connectivity index (χ0v) is 14.4. The van der Waals surface area contributed by atoms with Gasteiger partial charge in [0.2, 0.25) is 5.91 Å². The quantitative estimate of drug-likeness (QED) is 0.712. The Morgan fingerprint density at radius 2 is 1.83 bits per heavy atom. The number of ether oxygens (including phenoxy) is 1. The Morgan fingerprint density at radius 3 is 2.43 bits per heavy atom. The van der Waals surface area contributed by atoms with Crippen LogP contribution in [0.25, 0.3) is 0 Å². The van der Waals surface area contributed by atoms with E-state index in [2.05, 4.69) is 10.6 Å². The first kappa shape index (κ1) is 19.9. The fraction of sp³-hybridized carbons (Fsp3) is 0.588. The molecule has 6 heteroatoms. The average Bonchev–Trinajstić information content (AvgIpc) is 3.02. The average molecular weight is 345 g/mol. The molecule has 0 spiro atoms. The highest BCUT2D eigenvalue weighted by atomic mass is 35.5. The molecular formula is C17H26ClFN2O2. The highest BCUT2D eigenvalue weighted by molar-refractivity contribution is 5.88. The van der Waals surface area contributed by atoms with Gasteiger partial charge in [-0.2, -0.15) is 0 Å². The number of carbonyl (C=O) groups excluding carboxylic acids is 1. The Hall–Kier alpha value is -1.17. The topological polar surface area (TPSA) is 50.4 Å². The molecule has 1 aliphatic carbocycles. The fourth-order valence-electron chi connectivity index (χ4n) is 3.13. The largest absolute Gasteiger partial charge is 0.383 e. The minimum atomic E-state index is -0.486. The lowest BCUT2D eigenvalue weighted by Crippen LogP contribution is -2.44. The monoisotopic (exact) mass is 344 g/mol. The summed E-state index contributed by atoms with van der Waals surface area (Å²) in [5.74, 6) is -0.204. The van der Waals surface area contributed by atoms with E-state index in [1.807, 2.05) is 0 Å². The molecule has 1 aromatic carbocycles. The molecule has 1 fully saturated rings. The van der Waals surface area contributed by atoms with Gasteiger partial charge in [0.25, 0.3) is 0 Å². The maximum Gasteiger partial charge on any atom is 0.230 e. The summed E-state index contributed by atoms with van der Waals surface area (Å²) < 4.78 is 18.1. The molecule has 1 aliphatic rings. The molecule has 2 rings (SSSR count). The molecular weight excluding hydrogens is 319 g/mol. The van der Waals surface area contributed by atoms with Crippen molar-refractivity contribution in [2.75, 3.05) is 33.4 Å². The van der Waals surface area contributed by atoms with E-state index in [1.54, 1.807) is 19.2 Å². The Balaban J connectivity index is 0.00000264. The number of halogens is 2. The van der Waals surface area contributed by atoms with E-state index >= 15 is 0 Å². The number of hydrogen-bond donors (Lipinski definition) is 2. The van der Waals surface area contributed by atoms with E-state index < -0.39 is 5.41 Å². The van der Waals surface area contributed by atoms with E-state index in [-0.39, 0.29) is 24.1 Å². The number of rotatable bonds is 8. The second-order valence-electron chi connectivity index (χ2n) is 5.79. The summed E-state index contributed by atoms with van der Waals surface area (Å²) in [6.45, 7) is 2.74. The van der Waals surface area contributed by atoms with Crippen LogP contribution in [0, 0.1) is 5.82 Å². The minimum Gasteiger partial charge on any atom is -0.383 e. The first-order chi connectivity index (χ1) is 10.7. The molecule has 0 heterocycles. The van der Waals surface area contributed by atoms with Crippen LogP contribution in [0.2, 0.25) is 0 Å². The van der Waals surface area contributed by atoms with Crippen molar-refractivity contribution in [2.24, 2.45) is 0 Å². The zero-order valence-electron chi connectivity index (χ0n) is 13.6. The zero-order chi connectivity index (χ0) is 15.8. The van der Waals surface area contributed by atoms with Gasteiger partial charge in [-0.1, -0.05) is 25.0 Å². The molecule has 1 aromatic rings. The minimum absolute atomic E-state index is 0. The molecule has 4 nitrogen and oxygen atoms in total. The fourth-order valence-corrected chi connectivity index (χ4v) is 3.13. The Bertz CT molecular complexity index is 476. The van der Waals surface area contributed by atoms with Crippen LogP contribution in [-0.2, 0) is 14.9 Å². The Morgan fingerprint density at radius 1 is 1.17 bits per heavy atom. The number of amides is 1. The lowest BCUT2D eigenvalue weighted by atomic mass is 9.78. The maximum atomic E-state index is 13.1. The standard InChI is InChI=1S/C17H25FN2O2.ClH/c1-22-13-12-19-10-11-20-16(21)17(8-2-3-9-17)14-4-6-15(18)7-5-14;/h4-7,19H,2-3,8-13H2,1H3,(H,20,21);1H. The van der Waals surface area contributed by atoms with Crippen LogP contribution in [0.5, 0.6) is 0 Å². The summed E-state index contributed by atoms with van der Waals surface area (Å²) in [5.41, 5.74) is 0.441. The summed E-state index contributed by atoms with van der Waals surface area (Å²) in [5, 5.41) is 6.22. The van der Waals surface area contributed by atoms with Gasteiger partial charge in [-0.3, -0.25) is 4.79 Å². The Labute approximate surface area is 143 Å². The van der Waals surface area contributed by atoms with Crippen molar-refractivity contribution in [1.82, 2.24) is 10.6 Å². The van der Waals surface area contributed by atoms with Crippen LogP contribution < -0.4 is 10.6 Å². The smallest absolute Gasteiger partial charge is 0.230 e. The summed E-state index contributed by atoms with van der Waals surface area (Å²) in [6, 6.07) is 6.37. The van der Waals surface area contributed by atoms with Crippen LogP contribution in [0.1, 0.15) is 31.2 Å². The molecule has 23 heavy (non-hydrogen) atoms. The second-order valence-corrected chi connectivity index (χ2v) is 5.79. The molecule has 0 aliphatic heterocycles. The van der Waals surface area contributed by atoms with Gasteiger partial charge >= 0.3 is 0 Å². The van der Waals surface area contributed by atoms with E-state index in [0.717, 1.165) is 37.8 Å². The molecule has 2 N–H and O–H groups in total. The summed E-state index contributed by atoms with van der Waals surface area (Å²) in [6.07, 6.45) is 3.75. The van der Waals surface area contributed by atoms with Crippen molar-refractivity contribution in [2.45, 2.75) is 31.1 Å².